The predicted molar refractivity (Wildman–Crippen MR) is 152 cm³/mol. The lowest BCUT2D eigenvalue weighted by molar-refractivity contribution is -0.144. The first kappa shape index (κ1) is 31.3. The van der Waals surface area contributed by atoms with E-state index in [4.69, 9.17) is 9.47 Å². The number of rotatable bonds is 11. The zero-order valence-electron chi connectivity index (χ0n) is 23.5. The molecule has 0 saturated heterocycles. The Labute approximate surface area is 242 Å². The summed E-state index contributed by atoms with van der Waals surface area (Å²) in [5.41, 5.74) is -0.0928. The summed E-state index contributed by atoms with van der Waals surface area (Å²) in [6.45, 7) is 3.70. The van der Waals surface area contributed by atoms with E-state index in [1.807, 2.05) is 60.7 Å². The van der Waals surface area contributed by atoms with Crippen molar-refractivity contribution in [3.05, 3.63) is 94.5 Å². The van der Waals surface area contributed by atoms with Crippen LogP contribution >= 0.6 is 0 Å². The van der Waals surface area contributed by atoms with Gasteiger partial charge in [0.15, 0.2) is 6.10 Å². The minimum Gasteiger partial charge on any atom is -0.480 e. The van der Waals surface area contributed by atoms with Crippen LogP contribution in [0.3, 0.4) is 0 Å². The average molecular weight is 580 g/mol. The second-order valence-electron chi connectivity index (χ2n) is 10.1. The summed E-state index contributed by atoms with van der Waals surface area (Å²) < 4.78 is 11.7. The highest BCUT2D eigenvalue weighted by Crippen LogP contribution is 2.26. The molecule has 3 amide bonds. The molecule has 0 fully saturated rings. The number of benzene rings is 2. The van der Waals surface area contributed by atoms with Gasteiger partial charge in [-0.15, -0.1) is 0 Å². The Kier molecular flexibility index (Phi) is 10.8. The molecule has 0 aliphatic rings. The smallest absolute Gasteiger partial charge is 0.413 e. The summed E-state index contributed by atoms with van der Waals surface area (Å²) in [4.78, 5) is 66.0. The zero-order chi connectivity index (χ0) is 30.7. The number of carbonyl (C=O) groups excluding carboxylic acids is 3. The molecule has 13 heteroatoms. The Balaban J connectivity index is 1.63. The molecule has 3 aromatic rings. The van der Waals surface area contributed by atoms with Gasteiger partial charge in [-0.1, -0.05) is 60.7 Å². The number of carboxylic acids is 1. The fraction of sp³-hybridized carbons (Fsp3) is 0.310. The molecule has 13 nitrogen and oxygen atoms in total. The largest absolute Gasteiger partial charge is 0.480 e. The molecule has 0 unspecified atom stereocenters. The molecule has 0 aliphatic heterocycles. The first-order valence-electron chi connectivity index (χ1n) is 13.0. The van der Waals surface area contributed by atoms with Crippen LogP contribution in [0.5, 0.6) is 0 Å². The lowest BCUT2D eigenvalue weighted by Gasteiger charge is -2.23. The van der Waals surface area contributed by atoms with Gasteiger partial charge < -0.3 is 24.8 Å². The van der Waals surface area contributed by atoms with E-state index in [0.717, 1.165) is 20.6 Å². The molecule has 42 heavy (non-hydrogen) atoms. The van der Waals surface area contributed by atoms with Crippen LogP contribution in [0, 0.1) is 0 Å². The average Bonchev–Trinajstić information content (AvgIpc) is 2.92. The maximum Gasteiger partial charge on any atom is 0.413 e. The molecule has 3 N–H and O–H groups in total. The van der Waals surface area contributed by atoms with Crippen molar-refractivity contribution in [3.63, 3.8) is 0 Å². The lowest BCUT2D eigenvalue weighted by Crippen LogP contribution is -2.44. The number of nitrogens with one attached hydrogen (secondary N) is 2. The quantitative estimate of drug-likeness (QED) is 0.309. The van der Waals surface area contributed by atoms with Gasteiger partial charge in [0.2, 0.25) is 5.91 Å². The number of alkyl carbamates (subject to hydrolysis) is 1. The number of hydrogen-bond acceptors (Lipinski definition) is 8. The van der Waals surface area contributed by atoms with Crippen LogP contribution in [0.2, 0.25) is 0 Å². The lowest BCUT2D eigenvalue weighted by atomic mass is 10.0. The molecule has 2 aromatic carbocycles. The summed E-state index contributed by atoms with van der Waals surface area (Å²) in [5.74, 6) is -2.06. The van der Waals surface area contributed by atoms with Gasteiger partial charge in [-0.05, 0) is 38.0 Å². The van der Waals surface area contributed by atoms with E-state index in [0.29, 0.717) is 0 Å². The zero-order valence-corrected chi connectivity index (χ0v) is 23.5. The number of carbonyl (C=O) groups is 4. The third-order valence-corrected chi connectivity index (χ3v) is 5.57. The van der Waals surface area contributed by atoms with Crippen molar-refractivity contribution < 1.29 is 33.8 Å². The van der Waals surface area contributed by atoms with Crippen molar-refractivity contribution in [3.8, 4) is 0 Å². The highest BCUT2D eigenvalue weighted by Gasteiger charge is 2.21. The summed E-state index contributed by atoms with van der Waals surface area (Å²) >= 11 is 0. The monoisotopic (exact) mass is 579 g/mol. The summed E-state index contributed by atoms with van der Waals surface area (Å²) in [6, 6.07) is 19.6. The number of hydrogen-bond donors (Lipinski definition) is 3. The van der Waals surface area contributed by atoms with E-state index >= 15 is 0 Å². The van der Waals surface area contributed by atoms with Crippen LogP contribution in [0.1, 0.15) is 38.0 Å². The van der Waals surface area contributed by atoms with Crippen molar-refractivity contribution in [2.45, 2.75) is 39.0 Å². The molecule has 0 bridgehead atoms. The fourth-order valence-electron chi connectivity index (χ4n) is 3.75. The number of ether oxygens (including phenoxy) is 2. The van der Waals surface area contributed by atoms with Gasteiger partial charge in [-0.25, -0.2) is 14.4 Å². The Morgan fingerprint density at radius 3 is 2.07 bits per heavy atom. The van der Waals surface area contributed by atoms with Gasteiger partial charge in [0.25, 0.3) is 0 Å². The van der Waals surface area contributed by atoms with Crippen molar-refractivity contribution >= 4 is 29.9 Å². The topological polar surface area (TPSA) is 169 Å². The summed E-state index contributed by atoms with van der Waals surface area (Å²) in [6.07, 6.45) is -1.04. The molecule has 3 rings (SSSR count). The highest BCUT2D eigenvalue weighted by atomic mass is 16.6. The standard InChI is InChI=1S/C29H33N5O8/c1-29(2,3)42-27(39)30-15-17-33(19-24(36)37)23(35)18-34-16-14-22(31-26(34)38)32-28(40)41-25(20-10-6-4-7-11-20)21-12-8-5-9-13-21/h4-14,16,25H,15,17-19H2,1-3H3,(H,30,39)(H,36,37)(H,31,32,38,40). The van der Waals surface area contributed by atoms with E-state index < -0.39 is 54.5 Å². The van der Waals surface area contributed by atoms with Gasteiger partial charge in [-0.2, -0.15) is 4.98 Å². The Bertz CT molecular complexity index is 1400. The molecule has 0 spiro atoms. The van der Waals surface area contributed by atoms with Crippen LogP contribution in [-0.4, -0.2) is 68.9 Å². The minimum absolute atomic E-state index is 0.0704. The maximum atomic E-state index is 12.8. The molecule has 0 radical (unpaired) electrons. The molecule has 0 aliphatic carbocycles. The second kappa shape index (κ2) is 14.4. The predicted octanol–water partition coefficient (Wildman–Crippen LogP) is 3.02. The molecule has 222 valence electrons. The first-order chi connectivity index (χ1) is 19.9. The molecular weight excluding hydrogens is 546 g/mol. The van der Waals surface area contributed by atoms with Crippen molar-refractivity contribution in [2.24, 2.45) is 0 Å². The normalized spacial score (nSPS) is 11.0. The van der Waals surface area contributed by atoms with Crippen LogP contribution in [0.25, 0.3) is 0 Å². The molecule has 0 saturated carbocycles. The highest BCUT2D eigenvalue weighted by molar-refractivity contribution is 5.84. The van der Waals surface area contributed by atoms with Gasteiger partial charge in [0.05, 0.1) is 0 Å². The third-order valence-electron chi connectivity index (χ3n) is 5.57. The van der Waals surface area contributed by atoms with E-state index in [9.17, 15) is 29.1 Å². The molecule has 1 heterocycles. The third kappa shape index (κ3) is 10.1. The van der Waals surface area contributed by atoms with Crippen LogP contribution < -0.4 is 16.3 Å². The Morgan fingerprint density at radius 1 is 0.952 bits per heavy atom. The van der Waals surface area contributed by atoms with Crippen LogP contribution in [0.15, 0.2) is 77.7 Å². The van der Waals surface area contributed by atoms with Crippen molar-refractivity contribution in [1.29, 1.82) is 0 Å². The number of anilines is 1. The van der Waals surface area contributed by atoms with Gasteiger partial charge in [0, 0.05) is 19.3 Å². The van der Waals surface area contributed by atoms with Crippen molar-refractivity contribution in [2.75, 3.05) is 25.0 Å². The molecule has 1 aromatic heterocycles. The molecule has 0 atom stereocenters. The van der Waals surface area contributed by atoms with Gasteiger partial charge >= 0.3 is 23.8 Å². The number of aromatic nitrogens is 2. The van der Waals surface area contributed by atoms with Crippen LogP contribution in [0.4, 0.5) is 15.4 Å². The van der Waals surface area contributed by atoms with E-state index in [2.05, 4.69) is 15.6 Å². The minimum atomic E-state index is -1.27. The van der Waals surface area contributed by atoms with Gasteiger partial charge in [-0.3, -0.25) is 19.5 Å². The van der Waals surface area contributed by atoms with E-state index in [1.165, 1.54) is 12.3 Å². The van der Waals surface area contributed by atoms with Crippen molar-refractivity contribution in [1.82, 2.24) is 19.8 Å². The second-order valence-corrected chi connectivity index (χ2v) is 10.1. The summed E-state index contributed by atoms with van der Waals surface area (Å²) in [7, 11) is 0. The number of aliphatic carboxylic acids is 1. The number of nitrogens with zero attached hydrogens (tertiary/aromatic N) is 3. The maximum absolute atomic E-state index is 12.8. The van der Waals surface area contributed by atoms with E-state index in [1.54, 1.807) is 20.8 Å². The first-order valence-corrected chi connectivity index (χ1v) is 13.0. The number of amides is 3. The fourth-order valence-corrected chi connectivity index (χ4v) is 3.75. The van der Waals surface area contributed by atoms with E-state index in [-0.39, 0.29) is 18.9 Å². The Hall–Kier alpha value is -5.20. The number of carboxylic acid groups (broad SMARTS) is 1. The SMILES string of the molecule is CC(C)(C)OC(=O)NCCN(CC(=O)O)C(=O)Cn1ccc(NC(=O)OC(c2ccccc2)c2ccccc2)nc1=O. The van der Waals surface area contributed by atoms with Gasteiger partial charge in [0.1, 0.15) is 24.5 Å². The van der Waals surface area contributed by atoms with Crippen LogP contribution in [-0.2, 0) is 25.6 Å². The Morgan fingerprint density at radius 2 is 1.55 bits per heavy atom. The molecular formula is C29H33N5O8. The summed E-state index contributed by atoms with van der Waals surface area (Å²) in [5, 5.41) is 14.1.